The first-order valence-corrected chi connectivity index (χ1v) is 25.7. The third-order valence-corrected chi connectivity index (χ3v) is 13.7. The second kappa shape index (κ2) is 28.6. The first kappa shape index (κ1) is 56.6. The zero-order valence-electron chi connectivity index (χ0n) is 40.0. The molecule has 23 nitrogen and oxygen atoms in total. The van der Waals surface area contributed by atoms with Crippen molar-refractivity contribution in [3.8, 4) is 0 Å². The largest absolute Gasteiger partial charge is 0.370 e. The van der Waals surface area contributed by atoms with Crippen molar-refractivity contribution in [2.75, 3.05) is 24.6 Å². The van der Waals surface area contributed by atoms with Crippen LogP contribution in [0.4, 0.5) is 0 Å². The highest BCUT2D eigenvalue weighted by Gasteiger charge is 2.35. The third-order valence-electron chi connectivity index (χ3n) is 11.3. The zero-order valence-corrected chi connectivity index (χ0v) is 41.6. The molecule has 1 aromatic heterocycles. The molecule has 0 radical (unpaired) electrons. The minimum atomic E-state index is -1.32. The molecule has 71 heavy (non-hydrogen) atoms. The Kier molecular flexibility index (Phi) is 22.8. The molecular weight excluding hydrogens is 955 g/mol. The second-order valence-electron chi connectivity index (χ2n) is 17.3. The van der Waals surface area contributed by atoms with Crippen molar-refractivity contribution in [1.82, 2.24) is 52.8 Å². The predicted molar refractivity (Wildman–Crippen MR) is 273 cm³/mol. The van der Waals surface area contributed by atoms with Gasteiger partial charge in [-0.2, -0.15) is 0 Å². The van der Waals surface area contributed by atoms with Crippen LogP contribution in [0.15, 0.2) is 60.8 Å². The minimum absolute atomic E-state index is 0.00492. The van der Waals surface area contributed by atoms with E-state index in [1.807, 2.05) is 24.3 Å². The van der Waals surface area contributed by atoms with E-state index in [1.54, 1.807) is 50.4 Å². The van der Waals surface area contributed by atoms with Crippen molar-refractivity contribution in [2.24, 2.45) is 23.1 Å². The van der Waals surface area contributed by atoms with Crippen molar-refractivity contribution >= 4 is 91.7 Å². The van der Waals surface area contributed by atoms with Gasteiger partial charge in [-0.3, -0.25) is 49.2 Å². The third kappa shape index (κ3) is 19.0. The highest BCUT2D eigenvalue weighted by Crippen LogP contribution is 2.24. The normalized spacial score (nSPS) is 21.4. The fourth-order valence-electron chi connectivity index (χ4n) is 7.57. The summed E-state index contributed by atoms with van der Waals surface area (Å²) < 4.78 is 0. The first-order chi connectivity index (χ1) is 33.8. The van der Waals surface area contributed by atoms with Gasteiger partial charge in [0.05, 0.1) is 0 Å². The van der Waals surface area contributed by atoms with E-state index >= 15 is 0 Å². The van der Waals surface area contributed by atoms with Gasteiger partial charge in [-0.25, -0.2) is 0 Å². The molecule has 0 spiro atoms. The number of hydrogen-bond acceptors (Lipinski definition) is 12. The Balaban J connectivity index is 1.75. The molecule has 18 N–H and O–H groups in total. The Bertz CT molecular complexity index is 2350. The molecule has 2 heterocycles. The van der Waals surface area contributed by atoms with Gasteiger partial charge in [0.15, 0.2) is 11.9 Å². The number of benzene rings is 2. The van der Waals surface area contributed by atoms with Crippen LogP contribution in [0.1, 0.15) is 64.0 Å². The van der Waals surface area contributed by atoms with E-state index in [4.69, 9.17) is 28.0 Å². The van der Waals surface area contributed by atoms with E-state index in [0.717, 1.165) is 21.7 Å². The molecule has 1 fully saturated rings. The Labute approximate surface area is 419 Å². The van der Waals surface area contributed by atoms with Crippen LogP contribution in [0.3, 0.4) is 0 Å². The number of nitrogens with one attached hydrogen (secondary N) is 12. The van der Waals surface area contributed by atoms with E-state index in [0.29, 0.717) is 17.5 Å². The van der Waals surface area contributed by atoms with Crippen molar-refractivity contribution in [3.05, 3.63) is 71.9 Å². The number of amides is 8. The quantitative estimate of drug-likeness (QED) is 0.0328. The van der Waals surface area contributed by atoms with Gasteiger partial charge >= 0.3 is 0 Å². The van der Waals surface area contributed by atoms with Gasteiger partial charge in [0, 0.05) is 61.5 Å². The SMILES string of the molecule is CC(=O)N[C@@H](CCCNC(=N)N)C(=O)N[C@H]1CCSSC[C@@H](C(N)=O)NC(=O)[C@H](Cc2c[nH]c3ccccc23)NC(=O)[C@H](CCCNC(=N)N)NC(=O)[C@@H](Cc2ccccc2)NC(=O)[C@@H](C(C)C)NC1=O. The Morgan fingerprint density at radius 1 is 0.732 bits per heavy atom. The van der Waals surface area contributed by atoms with Gasteiger partial charge in [0.2, 0.25) is 47.3 Å². The number of fused-ring (bicyclic) bond motifs is 1. The molecule has 25 heteroatoms. The van der Waals surface area contributed by atoms with Gasteiger partial charge in [0.25, 0.3) is 0 Å². The average molecular weight is 1020 g/mol. The summed E-state index contributed by atoms with van der Waals surface area (Å²) in [6.07, 6.45) is 2.25. The van der Waals surface area contributed by atoms with Gasteiger partial charge < -0.3 is 70.0 Å². The number of hydrogen-bond donors (Lipinski definition) is 15. The number of carbonyl (C=O) groups excluding carboxylic acids is 8. The summed E-state index contributed by atoms with van der Waals surface area (Å²) in [4.78, 5) is 114. The van der Waals surface area contributed by atoms with Crippen LogP contribution in [0.25, 0.3) is 10.9 Å². The van der Waals surface area contributed by atoms with Gasteiger partial charge in [-0.15, -0.1) is 0 Å². The van der Waals surface area contributed by atoms with E-state index in [2.05, 4.69) is 52.8 Å². The van der Waals surface area contributed by atoms with Crippen molar-refractivity contribution < 1.29 is 38.4 Å². The highest BCUT2D eigenvalue weighted by atomic mass is 33.1. The molecule has 7 atom stereocenters. The van der Waals surface area contributed by atoms with Crippen molar-refractivity contribution in [2.45, 2.75) is 108 Å². The molecule has 1 aliphatic rings. The molecule has 386 valence electrons. The number of carbonyl (C=O) groups is 8. The molecule has 0 aliphatic carbocycles. The molecule has 1 aliphatic heterocycles. The highest BCUT2D eigenvalue weighted by molar-refractivity contribution is 8.76. The smallest absolute Gasteiger partial charge is 0.243 e. The lowest BCUT2D eigenvalue weighted by Gasteiger charge is -2.29. The summed E-state index contributed by atoms with van der Waals surface area (Å²) in [5.74, 6) is -6.79. The first-order valence-electron chi connectivity index (χ1n) is 23.2. The molecule has 0 saturated carbocycles. The molecule has 2 aromatic carbocycles. The van der Waals surface area contributed by atoms with Crippen molar-refractivity contribution in [3.63, 3.8) is 0 Å². The van der Waals surface area contributed by atoms with E-state index in [9.17, 15) is 38.4 Å². The molecule has 3 aromatic rings. The Hall–Kier alpha value is -7.02. The molecule has 1 saturated heterocycles. The van der Waals surface area contributed by atoms with Crippen LogP contribution >= 0.6 is 21.6 Å². The number of rotatable bonds is 17. The van der Waals surface area contributed by atoms with Gasteiger partial charge in [-0.1, -0.05) is 84.0 Å². The standard InChI is InChI=1S/C46H67N15O8S2/c1-25(2)37-44(69)59-34(21-27-11-5-4-6-12-27)42(67)56-32(16-10-19-53-46(50)51)40(65)58-35(22-28-23-54-30-14-8-7-13-29(28)30)43(68)60-36(38(47)63)24-71-70-20-17-33(41(66)61-37)57-39(64)31(55-26(3)62)15-9-18-52-45(48)49/h4-8,11-14,23,25,31-37,54H,9-10,15-22,24H2,1-3H3,(H2,47,63)(H,55,62)(H,56,67)(H,57,64)(H,58,65)(H,59,69)(H,60,68)(H,61,66)(H4,48,49,52)(H4,50,51,53)/t31-,32-,33-,34+,35-,36-,37+/m0/s1. The van der Waals surface area contributed by atoms with Crippen molar-refractivity contribution in [1.29, 1.82) is 10.8 Å². The Morgan fingerprint density at radius 3 is 2.00 bits per heavy atom. The molecule has 8 amide bonds. The maximum absolute atomic E-state index is 14.5. The summed E-state index contributed by atoms with van der Waals surface area (Å²) in [6, 6.07) is 7.40. The summed E-state index contributed by atoms with van der Waals surface area (Å²) >= 11 is 0. The van der Waals surface area contributed by atoms with Gasteiger partial charge in [-0.05, 0) is 55.2 Å². The molecule has 0 unspecified atom stereocenters. The van der Waals surface area contributed by atoms with E-state index in [1.165, 1.54) is 17.7 Å². The molecule has 0 bridgehead atoms. The van der Waals surface area contributed by atoms with Crippen LogP contribution in [-0.2, 0) is 51.2 Å². The predicted octanol–water partition coefficient (Wildman–Crippen LogP) is -1.18. The summed E-state index contributed by atoms with van der Waals surface area (Å²) in [7, 11) is 2.37. The maximum atomic E-state index is 14.5. The monoisotopic (exact) mass is 1020 g/mol. The number of guanidine groups is 2. The second-order valence-corrected chi connectivity index (χ2v) is 19.9. The lowest BCUT2D eigenvalue weighted by Crippen LogP contribution is -2.61. The minimum Gasteiger partial charge on any atom is -0.370 e. The fourth-order valence-corrected chi connectivity index (χ4v) is 9.84. The van der Waals surface area contributed by atoms with Crippen LogP contribution in [0.5, 0.6) is 0 Å². The number of nitrogens with two attached hydrogens (primary N) is 3. The lowest BCUT2D eigenvalue weighted by atomic mass is 9.99. The number of para-hydroxylation sites is 1. The molecule has 4 rings (SSSR count). The van der Waals surface area contributed by atoms with Crippen LogP contribution in [-0.4, -0.2) is 131 Å². The zero-order chi connectivity index (χ0) is 52.0. The average Bonchev–Trinajstić information content (AvgIpc) is 3.72. The molecular formula is C46H67N15O8S2. The number of aromatic nitrogens is 1. The lowest BCUT2D eigenvalue weighted by molar-refractivity contribution is -0.136. The Morgan fingerprint density at radius 2 is 1.34 bits per heavy atom. The van der Waals surface area contributed by atoms with Crippen LogP contribution in [0.2, 0.25) is 0 Å². The number of H-pyrrole nitrogens is 1. The maximum Gasteiger partial charge on any atom is 0.243 e. The van der Waals surface area contributed by atoms with Crippen LogP contribution in [0, 0.1) is 16.7 Å². The summed E-state index contributed by atoms with van der Waals surface area (Å²) in [5.41, 5.74) is 18.8. The fraction of sp³-hybridized carbons (Fsp3) is 0.478. The van der Waals surface area contributed by atoms with Gasteiger partial charge in [0.1, 0.15) is 42.3 Å². The number of aromatic amines is 1. The van der Waals surface area contributed by atoms with Crippen LogP contribution < -0.4 is 65.1 Å². The number of primary amides is 1. The topological polar surface area (TPSA) is 386 Å². The summed E-state index contributed by atoms with van der Waals surface area (Å²) in [6.45, 7) is 4.99. The van der Waals surface area contributed by atoms with E-state index in [-0.39, 0.29) is 75.0 Å². The van der Waals surface area contributed by atoms with E-state index < -0.39 is 95.5 Å². The summed E-state index contributed by atoms with van der Waals surface area (Å²) in [5, 5.41) is 40.2.